The van der Waals surface area contributed by atoms with Crippen molar-refractivity contribution in [3.8, 4) is 0 Å². The highest BCUT2D eigenvalue weighted by Crippen LogP contribution is 2.30. The molecule has 2 atom stereocenters. The van der Waals surface area contributed by atoms with Crippen LogP contribution in [0.1, 0.15) is 41.6 Å². The molecular weight excluding hydrogens is 347 g/mol. The number of benzene rings is 1. The first kappa shape index (κ1) is 18.2. The van der Waals surface area contributed by atoms with E-state index in [2.05, 4.69) is 20.9 Å². The maximum Gasteiger partial charge on any atom is 0.315 e. The van der Waals surface area contributed by atoms with E-state index in [1.807, 2.05) is 0 Å². The Kier molecular flexibility index (Phi) is 4.80. The molecule has 1 spiro atoms. The SMILES string of the molecule is Cc1cc(F)cc(C(=O)N[C@H]2CCC[C@@H](CN3CC4(CNC(=O)N4)C3)C2)c1. The molecule has 146 valence electrons. The van der Waals surface area contributed by atoms with Gasteiger partial charge in [0.05, 0.1) is 5.54 Å². The number of likely N-dealkylation sites (tertiary alicyclic amines) is 1. The van der Waals surface area contributed by atoms with Crippen LogP contribution in [0, 0.1) is 18.7 Å². The second-order valence-electron chi connectivity index (χ2n) is 8.48. The van der Waals surface area contributed by atoms with Gasteiger partial charge in [-0.2, -0.15) is 0 Å². The molecule has 27 heavy (non-hydrogen) atoms. The molecule has 0 aromatic heterocycles. The fraction of sp³-hybridized carbons (Fsp3) is 0.600. The van der Waals surface area contributed by atoms with Crippen molar-refractivity contribution in [3.63, 3.8) is 0 Å². The molecule has 0 radical (unpaired) electrons. The van der Waals surface area contributed by atoms with Crippen molar-refractivity contribution in [2.45, 2.75) is 44.2 Å². The van der Waals surface area contributed by atoms with Crippen LogP contribution in [-0.4, -0.2) is 54.6 Å². The number of nitrogens with one attached hydrogen (secondary N) is 3. The van der Waals surface area contributed by atoms with Crippen LogP contribution in [0.3, 0.4) is 0 Å². The zero-order valence-corrected chi connectivity index (χ0v) is 15.7. The number of amides is 3. The van der Waals surface area contributed by atoms with Gasteiger partial charge >= 0.3 is 6.03 Å². The van der Waals surface area contributed by atoms with Crippen LogP contribution in [0.2, 0.25) is 0 Å². The molecule has 6 nitrogen and oxygen atoms in total. The molecule has 1 aromatic carbocycles. The molecule has 0 bridgehead atoms. The minimum Gasteiger partial charge on any atom is -0.349 e. The van der Waals surface area contributed by atoms with Gasteiger partial charge in [0.2, 0.25) is 0 Å². The van der Waals surface area contributed by atoms with E-state index in [4.69, 9.17) is 0 Å². The second-order valence-corrected chi connectivity index (χ2v) is 8.48. The molecular formula is C20H27FN4O2. The van der Waals surface area contributed by atoms with Gasteiger partial charge < -0.3 is 16.0 Å². The van der Waals surface area contributed by atoms with Crippen LogP contribution in [-0.2, 0) is 0 Å². The lowest BCUT2D eigenvalue weighted by Gasteiger charge is -2.48. The summed E-state index contributed by atoms with van der Waals surface area (Å²) < 4.78 is 13.6. The van der Waals surface area contributed by atoms with E-state index in [9.17, 15) is 14.0 Å². The molecule has 3 N–H and O–H groups in total. The molecule has 1 aliphatic carbocycles. The number of urea groups is 1. The van der Waals surface area contributed by atoms with Gasteiger partial charge in [0.25, 0.3) is 5.91 Å². The normalized spacial score (nSPS) is 27.0. The monoisotopic (exact) mass is 374 g/mol. The summed E-state index contributed by atoms with van der Waals surface area (Å²) in [5.74, 6) is -0.0199. The minimum absolute atomic E-state index is 0.0670. The van der Waals surface area contributed by atoms with Crippen LogP contribution in [0.5, 0.6) is 0 Å². The Balaban J connectivity index is 1.27. The largest absolute Gasteiger partial charge is 0.349 e. The van der Waals surface area contributed by atoms with Gasteiger partial charge in [-0.15, -0.1) is 0 Å². The molecule has 3 amide bonds. The summed E-state index contributed by atoms with van der Waals surface area (Å²) in [5, 5.41) is 8.95. The van der Waals surface area contributed by atoms with E-state index >= 15 is 0 Å². The smallest absolute Gasteiger partial charge is 0.315 e. The Morgan fingerprint density at radius 3 is 2.85 bits per heavy atom. The number of aryl methyl sites for hydroxylation is 1. The number of halogens is 1. The van der Waals surface area contributed by atoms with E-state index < -0.39 is 0 Å². The van der Waals surface area contributed by atoms with Crippen molar-refractivity contribution < 1.29 is 14.0 Å². The molecule has 2 heterocycles. The third kappa shape index (κ3) is 4.08. The quantitative estimate of drug-likeness (QED) is 0.752. The average molecular weight is 374 g/mol. The molecule has 2 aliphatic heterocycles. The lowest BCUT2D eigenvalue weighted by molar-refractivity contribution is 0.0427. The highest BCUT2D eigenvalue weighted by Gasteiger charge is 2.48. The van der Waals surface area contributed by atoms with Gasteiger partial charge in [-0.1, -0.05) is 6.42 Å². The van der Waals surface area contributed by atoms with Gasteiger partial charge in [0.15, 0.2) is 0 Å². The van der Waals surface area contributed by atoms with Crippen molar-refractivity contribution >= 4 is 11.9 Å². The fourth-order valence-corrected chi connectivity index (χ4v) is 4.80. The van der Waals surface area contributed by atoms with Crippen LogP contribution in [0.4, 0.5) is 9.18 Å². The van der Waals surface area contributed by atoms with Crippen molar-refractivity contribution in [1.29, 1.82) is 0 Å². The second kappa shape index (κ2) is 7.11. The van der Waals surface area contributed by atoms with Crippen molar-refractivity contribution in [3.05, 3.63) is 35.1 Å². The molecule has 0 unspecified atom stereocenters. The maximum absolute atomic E-state index is 13.6. The summed E-state index contributed by atoms with van der Waals surface area (Å²) >= 11 is 0. The van der Waals surface area contributed by atoms with E-state index in [1.54, 1.807) is 13.0 Å². The third-order valence-corrected chi connectivity index (χ3v) is 5.96. The Morgan fingerprint density at radius 2 is 2.15 bits per heavy atom. The molecule has 4 rings (SSSR count). The number of rotatable bonds is 4. The Morgan fingerprint density at radius 1 is 1.33 bits per heavy atom. The van der Waals surface area contributed by atoms with Gasteiger partial charge in [0, 0.05) is 37.8 Å². The predicted octanol–water partition coefficient (Wildman–Crippen LogP) is 1.79. The number of hydrogen-bond acceptors (Lipinski definition) is 3. The van der Waals surface area contributed by atoms with Gasteiger partial charge in [-0.05, 0) is 55.9 Å². The summed E-state index contributed by atoms with van der Waals surface area (Å²) in [6, 6.07) is 4.52. The van der Waals surface area contributed by atoms with Crippen LogP contribution < -0.4 is 16.0 Å². The first-order valence-corrected chi connectivity index (χ1v) is 9.77. The summed E-state index contributed by atoms with van der Waals surface area (Å²) in [6.07, 6.45) is 4.18. The zero-order chi connectivity index (χ0) is 19.0. The van der Waals surface area contributed by atoms with Crippen LogP contribution in [0.15, 0.2) is 18.2 Å². The Hall–Kier alpha value is -2.15. The first-order chi connectivity index (χ1) is 12.9. The molecule has 3 fully saturated rings. The fourth-order valence-electron chi connectivity index (χ4n) is 4.80. The maximum atomic E-state index is 13.6. The first-order valence-electron chi connectivity index (χ1n) is 9.77. The summed E-state index contributed by atoms with van der Waals surface area (Å²) in [5.41, 5.74) is 1.07. The van der Waals surface area contributed by atoms with E-state index in [-0.39, 0.29) is 29.3 Å². The lowest BCUT2D eigenvalue weighted by Crippen LogP contribution is -2.69. The topological polar surface area (TPSA) is 73.5 Å². The Bertz CT molecular complexity index is 727. The minimum atomic E-state index is -0.373. The number of carbonyl (C=O) groups excluding carboxylic acids is 2. The highest BCUT2D eigenvalue weighted by atomic mass is 19.1. The zero-order valence-electron chi connectivity index (χ0n) is 15.7. The lowest BCUT2D eigenvalue weighted by atomic mass is 9.83. The standard InChI is InChI=1S/C20H27FN4O2/c1-13-5-15(8-16(21)6-13)18(26)23-17-4-2-3-14(7-17)9-25-11-20(12-25)10-22-19(27)24-20/h5-6,8,14,17H,2-4,7,9-12H2,1H3,(H,23,26)(H2,22,24,27)/t14-,17+/m1/s1. The van der Waals surface area contributed by atoms with Crippen LogP contribution >= 0.6 is 0 Å². The molecule has 7 heteroatoms. The molecule has 1 aromatic rings. The number of carbonyl (C=O) groups is 2. The number of nitrogens with zero attached hydrogens (tertiary/aromatic N) is 1. The van der Waals surface area contributed by atoms with Gasteiger partial charge in [-0.25, -0.2) is 9.18 Å². The van der Waals surface area contributed by atoms with Gasteiger partial charge in [-0.3, -0.25) is 9.69 Å². The Labute approximate surface area is 158 Å². The summed E-state index contributed by atoms with van der Waals surface area (Å²) in [7, 11) is 0. The molecule has 3 aliphatic rings. The van der Waals surface area contributed by atoms with Crippen molar-refractivity contribution in [2.24, 2.45) is 5.92 Å². The molecule has 1 saturated carbocycles. The van der Waals surface area contributed by atoms with E-state index in [1.165, 1.54) is 18.6 Å². The van der Waals surface area contributed by atoms with Crippen molar-refractivity contribution in [2.75, 3.05) is 26.2 Å². The number of hydrogen-bond donors (Lipinski definition) is 3. The summed E-state index contributed by atoms with van der Waals surface area (Å²) in [4.78, 5) is 26.2. The van der Waals surface area contributed by atoms with E-state index in [0.717, 1.165) is 44.5 Å². The van der Waals surface area contributed by atoms with E-state index in [0.29, 0.717) is 18.0 Å². The van der Waals surface area contributed by atoms with Crippen LogP contribution in [0.25, 0.3) is 0 Å². The van der Waals surface area contributed by atoms with Crippen molar-refractivity contribution in [1.82, 2.24) is 20.9 Å². The predicted molar refractivity (Wildman–Crippen MR) is 100 cm³/mol. The average Bonchev–Trinajstić information content (AvgIpc) is 2.96. The summed E-state index contributed by atoms with van der Waals surface area (Å²) in [6.45, 7) is 5.28. The molecule has 2 saturated heterocycles. The highest BCUT2D eigenvalue weighted by molar-refractivity contribution is 5.94. The third-order valence-electron chi connectivity index (χ3n) is 5.96. The van der Waals surface area contributed by atoms with Gasteiger partial charge in [0.1, 0.15) is 5.82 Å².